The summed E-state index contributed by atoms with van der Waals surface area (Å²) in [6, 6.07) is 15.2. The van der Waals surface area contributed by atoms with Crippen LogP contribution >= 0.6 is 27.3 Å². The van der Waals surface area contributed by atoms with E-state index in [2.05, 4.69) is 21.2 Å². The Morgan fingerprint density at radius 3 is 2.75 bits per heavy atom. The van der Waals surface area contributed by atoms with Crippen LogP contribution in [0, 0.1) is 0 Å². The standard InChI is InChI=1S/C15H11BrN2OS/c16-11-6-5-10(17)8-12(11)18-15(19)14-7-9-3-1-2-4-13(9)20-14/h1-8H,17H2,(H,18,19). The number of rotatable bonds is 2. The molecule has 5 heteroatoms. The van der Waals surface area contributed by atoms with Crippen LogP contribution in [0.4, 0.5) is 11.4 Å². The van der Waals surface area contributed by atoms with E-state index in [9.17, 15) is 4.79 Å². The number of halogens is 1. The second-order valence-corrected chi connectivity index (χ2v) is 6.28. The largest absolute Gasteiger partial charge is 0.399 e. The molecule has 0 fully saturated rings. The molecule has 3 N–H and O–H groups in total. The smallest absolute Gasteiger partial charge is 0.265 e. The van der Waals surface area contributed by atoms with E-state index in [0.717, 1.165) is 14.6 Å². The molecule has 0 aliphatic carbocycles. The third-order valence-electron chi connectivity index (χ3n) is 2.89. The SMILES string of the molecule is Nc1ccc(Br)c(NC(=O)c2cc3ccccc3s2)c1. The van der Waals surface area contributed by atoms with Crippen LogP contribution in [-0.2, 0) is 0 Å². The van der Waals surface area contributed by atoms with Crippen LogP contribution in [-0.4, -0.2) is 5.91 Å². The van der Waals surface area contributed by atoms with E-state index in [1.165, 1.54) is 11.3 Å². The van der Waals surface area contributed by atoms with Crippen LogP contribution < -0.4 is 11.1 Å². The Bertz CT molecular complexity index is 764. The summed E-state index contributed by atoms with van der Waals surface area (Å²) in [7, 11) is 0. The van der Waals surface area contributed by atoms with E-state index >= 15 is 0 Å². The predicted octanol–water partition coefficient (Wildman–Crippen LogP) is 4.50. The molecular formula is C15H11BrN2OS. The molecule has 0 saturated heterocycles. The highest BCUT2D eigenvalue weighted by atomic mass is 79.9. The Kier molecular flexibility index (Phi) is 3.46. The molecule has 0 radical (unpaired) electrons. The highest BCUT2D eigenvalue weighted by molar-refractivity contribution is 9.10. The Balaban J connectivity index is 1.90. The lowest BCUT2D eigenvalue weighted by molar-refractivity contribution is 0.103. The van der Waals surface area contributed by atoms with Gasteiger partial charge in [-0.1, -0.05) is 18.2 Å². The van der Waals surface area contributed by atoms with Crippen molar-refractivity contribution in [3.05, 3.63) is 57.9 Å². The first kappa shape index (κ1) is 13.1. The number of fused-ring (bicyclic) bond motifs is 1. The summed E-state index contributed by atoms with van der Waals surface area (Å²) in [5, 5.41) is 3.95. The first-order valence-electron chi connectivity index (χ1n) is 5.98. The number of nitrogen functional groups attached to an aromatic ring is 1. The Labute approximate surface area is 128 Å². The molecule has 0 aliphatic heterocycles. The topological polar surface area (TPSA) is 55.1 Å². The molecule has 0 saturated carbocycles. The minimum Gasteiger partial charge on any atom is -0.399 e. The maximum atomic E-state index is 12.3. The molecule has 0 unspecified atom stereocenters. The fraction of sp³-hybridized carbons (Fsp3) is 0. The lowest BCUT2D eigenvalue weighted by Gasteiger charge is -2.06. The molecule has 0 aliphatic rings. The van der Waals surface area contributed by atoms with Crippen molar-refractivity contribution in [3.63, 3.8) is 0 Å². The van der Waals surface area contributed by atoms with Crippen LogP contribution in [0.3, 0.4) is 0 Å². The van der Waals surface area contributed by atoms with E-state index in [-0.39, 0.29) is 5.91 Å². The Morgan fingerprint density at radius 2 is 1.95 bits per heavy atom. The predicted molar refractivity (Wildman–Crippen MR) is 88.3 cm³/mol. The summed E-state index contributed by atoms with van der Waals surface area (Å²) >= 11 is 4.88. The first-order valence-corrected chi connectivity index (χ1v) is 7.59. The van der Waals surface area contributed by atoms with Crippen LogP contribution in [0.5, 0.6) is 0 Å². The van der Waals surface area contributed by atoms with Gasteiger partial charge in [0.2, 0.25) is 0 Å². The molecular weight excluding hydrogens is 336 g/mol. The van der Waals surface area contributed by atoms with Gasteiger partial charge in [-0.25, -0.2) is 0 Å². The number of thiophene rings is 1. The van der Waals surface area contributed by atoms with E-state index in [4.69, 9.17) is 5.73 Å². The van der Waals surface area contributed by atoms with Gasteiger partial charge in [0.1, 0.15) is 0 Å². The second-order valence-electron chi connectivity index (χ2n) is 4.34. The minimum absolute atomic E-state index is 0.127. The Morgan fingerprint density at radius 1 is 1.15 bits per heavy atom. The summed E-state index contributed by atoms with van der Waals surface area (Å²) < 4.78 is 1.91. The van der Waals surface area contributed by atoms with Crippen LogP contribution in [0.25, 0.3) is 10.1 Å². The van der Waals surface area contributed by atoms with Crippen molar-refractivity contribution in [3.8, 4) is 0 Å². The molecule has 100 valence electrons. The summed E-state index contributed by atoms with van der Waals surface area (Å²) in [5.41, 5.74) is 7.02. The molecule has 20 heavy (non-hydrogen) atoms. The minimum atomic E-state index is -0.127. The third kappa shape index (κ3) is 2.55. The van der Waals surface area contributed by atoms with Crippen molar-refractivity contribution in [1.29, 1.82) is 0 Å². The number of carbonyl (C=O) groups is 1. The molecule has 1 heterocycles. The van der Waals surface area contributed by atoms with Gasteiger partial charge in [0.15, 0.2) is 0 Å². The summed E-state index contributed by atoms with van der Waals surface area (Å²) in [4.78, 5) is 13.0. The number of carbonyl (C=O) groups excluding carboxylic acids is 1. The quantitative estimate of drug-likeness (QED) is 0.671. The zero-order chi connectivity index (χ0) is 14.1. The van der Waals surface area contributed by atoms with Crippen molar-refractivity contribution in [2.75, 3.05) is 11.1 Å². The van der Waals surface area contributed by atoms with Crippen molar-refractivity contribution < 1.29 is 4.79 Å². The number of hydrogen-bond acceptors (Lipinski definition) is 3. The van der Waals surface area contributed by atoms with Crippen LogP contribution in [0.15, 0.2) is 53.0 Å². The van der Waals surface area contributed by atoms with Gasteiger partial charge >= 0.3 is 0 Å². The van der Waals surface area contributed by atoms with E-state index in [0.29, 0.717) is 16.3 Å². The molecule has 2 aromatic carbocycles. The zero-order valence-corrected chi connectivity index (χ0v) is 12.8. The van der Waals surface area contributed by atoms with Gasteiger partial charge < -0.3 is 11.1 Å². The van der Waals surface area contributed by atoms with Crippen molar-refractivity contribution in [1.82, 2.24) is 0 Å². The average molecular weight is 347 g/mol. The molecule has 3 nitrogen and oxygen atoms in total. The molecule has 1 aromatic heterocycles. The van der Waals surface area contributed by atoms with Gasteiger partial charge in [-0.15, -0.1) is 11.3 Å². The van der Waals surface area contributed by atoms with Crippen molar-refractivity contribution >= 4 is 54.6 Å². The molecule has 3 rings (SSSR count). The van der Waals surface area contributed by atoms with Crippen molar-refractivity contribution in [2.24, 2.45) is 0 Å². The number of nitrogens with two attached hydrogens (primary N) is 1. The summed E-state index contributed by atoms with van der Waals surface area (Å²) in [6.45, 7) is 0. The van der Waals surface area contributed by atoms with Crippen LogP contribution in [0.1, 0.15) is 9.67 Å². The fourth-order valence-corrected chi connectivity index (χ4v) is 3.22. The fourth-order valence-electron chi connectivity index (χ4n) is 1.92. The lowest BCUT2D eigenvalue weighted by Crippen LogP contribution is -2.10. The number of benzene rings is 2. The van der Waals surface area contributed by atoms with Crippen molar-refractivity contribution in [2.45, 2.75) is 0 Å². The van der Waals surface area contributed by atoms with Gasteiger partial charge in [0.05, 0.1) is 10.6 Å². The summed E-state index contributed by atoms with van der Waals surface area (Å²) in [5.74, 6) is -0.127. The van der Waals surface area contributed by atoms with Gasteiger partial charge in [0.25, 0.3) is 5.91 Å². The zero-order valence-electron chi connectivity index (χ0n) is 10.4. The lowest BCUT2D eigenvalue weighted by atomic mass is 10.2. The monoisotopic (exact) mass is 346 g/mol. The maximum absolute atomic E-state index is 12.3. The van der Waals surface area contributed by atoms with Gasteiger partial charge in [0, 0.05) is 14.9 Å². The maximum Gasteiger partial charge on any atom is 0.265 e. The number of nitrogens with one attached hydrogen (secondary N) is 1. The van der Waals surface area contributed by atoms with E-state index in [1.54, 1.807) is 12.1 Å². The highest BCUT2D eigenvalue weighted by Crippen LogP contribution is 2.28. The molecule has 0 spiro atoms. The molecule has 0 atom stereocenters. The number of anilines is 2. The average Bonchev–Trinajstić information content (AvgIpc) is 2.87. The number of hydrogen-bond donors (Lipinski definition) is 2. The van der Waals surface area contributed by atoms with Crippen LogP contribution in [0.2, 0.25) is 0 Å². The van der Waals surface area contributed by atoms with Gasteiger partial charge in [-0.05, 0) is 51.6 Å². The van der Waals surface area contributed by atoms with E-state index < -0.39 is 0 Å². The van der Waals surface area contributed by atoms with E-state index in [1.807, 2.05) is 36.4 Å². The second kappa shape index (κ2) is 5.26. The highest BCUT2D eigenvalue weighted by Gasteiger charge is 2.12. The summed E-state index contributed by atoms with van der Waals surface area (Å²) in [6.07, 6.45) is 0. The number of amides is 1. The third-order valence-corrected chi connectivity index (χ3v) is 4.69. The van der Waals surface area contributed by atoms with Gasteiger partial charge in [-0.3, -0.25) is 4.79 Å². The first-order chi connectivity index (χ1) is 9.63. The normalized spacial score (nSPS) is 10.7. The Hall–Kier alpha value is -1.85. The molecule has 1 amide bonds. The molecule has 0 bridgehead atoms. The molecule has 3 aromatic rings. The van der Waals surface area contributed by atoms with Gasteiger partial charge in [-0.2, -0.15) is 0 Å².